The number of likely N-dealkylation sites (N-methyl/N-ethyl adjacent to an activating group) is 1. The highest BCUT2D eigenvalue weighted by Crippen LogP contribution is 1.99. The fourth-order valence-electron chi connectivity index (χ4n) is 1.96. The molecule has 1 saturated heterocycles. The van der Waals surface area contributed by atoms with Crippen LogP contribution in [0.3, 0.4) is 0 Å². The van der Waals surface area contributed by atoms with Crippen LogP contribution in [-0.2, 0) is 9.59 Å². The third kappa shape index (κ3) is 5.88. The fraction of sp³-hybridized carbons (Fsp3) is 0.857. The summed E-state index contributed by atoms with van der Waals surface area (Å²) in [6, 6.07) is -0.342. The second-order valence-electron chi connectivity index (χ2n) is 5.93. The van der Waals surface area contributed by atoms with E-state index in [0.29, 0.717) is 12.5 Å². The molecule has 20 heavy (non-hydrogen) atoms. The van der Waals surface area contributed by atoms with E-state index in [1.165, 1.54) is 0 Å². The Hall–Kier alpha value is -1.14. The van der Waals surface area contributed by atoms with Gasteiger partial charge in [0.05, 0.1) is 12.6 Å². The SMILES string of the molecule is CC(C)CNC(=O)C(C)NCC(=O)N1CCN(C)CC1. The molecular formula is C14H28N4O2. The monoisotopic (exact) mass is 284 g/mol. The number of nitrogens with zero attached hydrogens (tertiary/aromatic N) is 2. The van der Waals surface area contributed by atoms with Crippen molar-refractivity contribution in [2.24, 2.45) is 5.92 Å². The molecule has 6 nitrogen and oxygen atoms in total. The van der Waals surface area contributed by atoms with E-state index in [-0.39, 0.29) is 24.4 Å². The number of carbonyl (C=O) groups is 2. The molecule has 1 heterocycles. The van der Waals surface area contributed by atoms with Crippen LogP contribution in [0.1, 0.15) is 20.8 Å². The normalized spacial score (nSPS) is 18.1. The molecule has 6 heteroatoms. The molecule has 0 aromatic carbocycles. The minimum atomic E-state index is -0.342. The Balaban J connectivity index is 2.24. The molecule has 1 aliphatic rings. The minimum absolute atomic E-state index is 0.0510. The maximum atomic E-state index is 12.0. The predicted molar refractivity (Wildman–Crippen MR) is 79.4 cm³/mol. The van der Waals surface area contributed by atoms with Gasteiger partial charge in [0.15, 0.2) is 0 Å². The van der Waals surface area contributed by atoms with Gasteiger partial charge in [-0.05, 0) is 19.9 Å². The van der Waals surface area contributed by atoms with Crippen molar-refractivity contribution in [1.29, 1.82) is 0 Å². The van der Waals surface area contributed by atoms with Gasteiger partial charge in [-0.2, -0.15) is 0 Å². The zero-order chi connectivity index (χ0) is 15.1. The Labute approximate surface area is 121 Å². The van der Waals surface area contributed by atoms with Gasteiger partial charge in [0, 0.05) is 32.7 Å². The van der Waals surface area contributed by atoms with Crippen LogP contribution < -0.4 is 10.6 Å². The standard InChI is InChI=1S/C14H28N4O2/c1-11(2)9-16-14(20)12(3)15-10-13(19)18-7-5-17(4)6-8-18/h11-12,15H,5-10H2,1-4H3,(H,16,20). The van der Waals surface area contributed by atoms with Crippen molar-refractivity contribution in [1.82, 2.24) is 20.4 Å². The summed E-state index contributed by atoms with van der Waals surface area (Å²) in [6.45, 7) is 10.1. The number of rotatable bonds is 6. The summed E-state index contributed by atoms with van der Waals surface area (Å²) in [5.41, 5.74) is 0. The van der Waals surface area contributed by atoms with Crippen LogP contribution in [-0.4, -0.2) is 74.0 Å². The average molecular weight is 284 g/mol. The number of hydrogen-bond acceptors (Lipinski definition) is 4. The van der Waals surface area contributed by atoms with Crippen molar-refractivity contribution in [3.05, 3.63) is 0 Å². The van der Waals surface area contributed by atoms with E-state index in [0.717, 1.165) is 26.2 Å². The van der Waals surface area contributed by atoms with Crippen LogP contribution in [0.2, 0.25) is 0 Å². The molecule has 0 radical (unpaired) electrons. The molecule has 0 aromatic rings. The number of carbonyl (C=O) groups excluding carboxylic acids is 2. The molecule has 0 aromatic heterocycles. The van der Waals surface area contributed by atoms with Crippen molar-refractivity contribution in [3.8, 4) is 0 Å². The lowest BCUT2D eigenvalue weighted by Crippen LogP contribution is -2.52. The zero-order valence-electron chi connectivity index (χ0n) is 13.1. The third-order valence-electron chi connectivity index (χ3n) is 3.49. The van der Waals surface area contributed by atoms with Crippen LogP contribution in [0.5, 0.6) is 0 Å². The average Bonchev–Trinajstić information content (AvgIpc) is 2.42. The molecule has 0 spiro atoms. The van der Waals surface area contributed by atoms with Gasteiger partial charge in [-0.1, -0.05) is 13.8 Å². The number of amides is 2. The predicted octanol–water partition coefficient (Wildman–Crippen LogP) is -0.489. The Morgan fingerprint density at radius 3 is 2.25 bits per heavy atom. The van der Waals surface area contributed by atoms with Crippen molar-refractivity contribution in [2.75, 3.05) is 46.3 Å². The Bertz CT molecular complexity index is 325. The van der Waals surface area contributed by atoms with Gasteiger partial charge in [-0.3, -0.25) is 14.9 Å². The molecule has 1 aliphatic heterocycles. The molecule has 0 aliphatic carbocycles. The molecule has 116 valence electrons. The summed E-state index contributed by atoms with van der Waals surface area (Å²) in [5.74, 6) is 0.449. The smallest absolute Gasteiger partial charge is 0.236 e. The summed E-state index contributed by atoms with van der Waals surface area (Å²) in [4.78, 5) is 27.8. The number of piperazine rings is 1. The van der Waals surface area contributed by atoms with Crippen molar-refractivity contribution >= 4 is 11.8 Å². The molecular weight excluding hydrogens is 256 g/mol. The molecule has 0 bridgehead atoms. The Morgan fingerprint density at radius 1 is 1.10 bits per heavy atom. The van der Waals surface area contributed by atoms with E-state index in [4.69, 9.17) is 0 Å². The lowest BCUT2D eigenvalue weighted by Gasteiger charge is -2.32. The highest BCUT2D eigenvalue weighted by atomic mass is 16.2. The van der Waals surface area contributed by atoms with Gasteiger partial charge >= 0.3 is 0 Å². The van der Waals surface area contributed by atoms with E-state index in [9.17, 15) is 9.59 Å². The summed E-state index contributed by atoms with van der Waals surface area (Å²) in [5, 5.41) is 5.86. The summed E-state index contributed by atoms with van der Waals surface area (Å²) in [6.07, 6.45) is 0. The maximum absolute atomic E-state index is 12.0. The molecule has 2 amide bonds. The number of hydrogen-bond donors (Lipinski definition) is 2. The van der Waals surface area contributed by atoms with Gasteiger partial charge in [0.25, 0.3) is 0 Å². The molecule has 2 N–H and O–H groups in total. The van der Waals surface area contributed by atoms with Crippen molar-refractivity contribution in [2.45, 2.75) is 26.8 Å². The fourth-order valence-corrected chi connectivity index (χ4v) is 1.96. The lowest BCUT2D eigenvalue weighted by atomic mass is 10.2. The molecule has 0 saturated carbocycles. The summed E-state index contributed by atoms with van der Waals surface area (Å²) >= 11 is 0. The highest BCUT2D eigenvalue weighted by molar-refractivity contribution is 5.83. The molecule has 1 rings (SSSR count). The van der Waals surface area contributed by atoms with Gasteiger partial charge < -0.3 is 15.1 Å². The third-order valence-corrected chi connectivity index (χ3v) is 3.49. The van der Waals surface area contributed by atoms with E-state index in [1.807, 2.05) is 4.90 Å². The van der Waals surface area contributed by atoms with E-state index < -0.39 is 0 Å². The van der Waals surface area contributed by atoms with Gasteiger partial charge in [0.1, 0.15) is 0 Å². The largest absolute Gasteiger partial charge is 0.354 e. The van der Waals surface area contributed by atoms with E-state index in [1.54, 1.807) is 6.92 Å². The first kappa shape index (κ1) is 16.9. The van der Waals surface area contributed by atoms with Gasteiger partial charge in [0.2, 0.25) is 11.8 Å². The van der Waals surface area contributed by atoms with Crippen molar-refractivity contribution < 1.29 is 9.59 Å². The Kier molecular flexibility index (Phi) is 6.95. The minimum Gasteiger partial charge on any atom is -0.354 e. The summed E-state index contributed by atoms with van der Waals surface area (Å²) < 4.78 is 0. The zero-order valence-corrected chi connectivity index (χ0v) is 13.1. The second-order valence-corrected chi connectivity index (χ2v) is 5.93. The van der Waals surface area contributed by atoms with E-state index in [2.05, 4.69) is 36.4 Å². The second kappa shape index (κ2) is 8.21. The maximum Gasteiger partial charge on any atom is 0.236 e. The van der Waals surface area contributed by atoms with Crippen LogP contribution in [0.25, 0.3) is 0 Å². The van der Waals surface area contributed by atoms with E-state index >= 15 is 0 Å². The first-order chi connectivity index (χ1) is 9.40. The molecule has 1 fully saturated rings. The van der Waals surface area contributed by atoms with Gasteiger partial charge in [-0.25, -0.2) is 0 Å². The van der Waals surface area contributed by atoms with Crippen LogP contribution in [0.15, 0.2) is 0 Å². The van der Waals surface area contributed by atoms with Crippen LogP contribution >= 0.6 is 0 Å². The van der Waals surface area contributed by atoms with Gasteiger partial charge in [-0.15, -0.1) is 0 Å². The molecule has 1 unspecified atom stereocenters. The lowest BCUT2D eigenvalue weighted by molar-refractivity contribution is -0.132. The van der Waals surface area contributed by atoms with Crippen molar-refractivity contribution in [3.63, 3.8) is 0 Å². The number of nitrogens with one attached hydrogen (secondary N) is 2. The van der Waals surface area contributed by atoms with Crippen LogP contribution in [0.4, 0.5) is 0 Å². The Morgan fingerprint density at radius 2 is 1.70 bits per heavy atom. The first-order valence-corrected chi connectivity index (χ1v) is 7.37. The summed E-state index contributed by atoms with van der Waals surface area (Å²) in [7, 11) is 2.06. The topological polar surface area (TPSA) is 64.7 Å². The highest BCUT2D eigenvalue weighted by Gasteiger charge is 2.20. The quantitative estimate of drug-likeness (QED) is 0.691. The van der Waals surface area contributed by atoms with Crippen LogP contribution in [0, 0.1) is 5.92 Å². The first-order valence-electron chi connectivity index (χ1n) is 7.37. The molecule has 1 atom stereocenters.